The SMILES string of the molecule is CC(Nc1ncccc1C#N)c1ccc(OCC(F)(F)F)cc1. The fourth-order valence-corrected chi connectivity index (χ4v) is 1.92. The predicted molar refractivity (Wildman–Crippen MR) is 79.0 cm³/mol. The van der Waals surface area contributed by atoms with Gasteiger partial charge in [0.25, 0.3) is 0 Å². The minimum atomic E-state index is -4.36. The summed E-state index contributed by atoms with van der Waals surface area (Å²) in [5.41, 5.74) is 1.25. The highest BCUT2D eigenvalue weighted by Gasteiger charge is 2.28. The molecule has 0 amide bonds. The van der Waals surface area contributed by atoms with E-state index in [0.717, 1.165) is 5.56 Å². The lowest BCUT2D eigenvalue weighted by Gasteiger charge is -2.16. The van der Waals surface area contributed by atoms with Crippen molar-refractivity contribution in [2.75, 3.05) is 11.9 Å². The maximum absolute atomic E-state index is 12.1. The molecule has 0 radical (unpaired) electrons. The minimum absolute atomic E-state index is 0.147. The summed E-state index contributed by atoms with van der Waals surface area (Å²) in [6.45, 7) is 0.543. The van der Waals surface area contributed by atoms with Crippen LogP contribution in [0.1, 0.15) is 24.1 Å². The highest BCUT2D eigenvalue weighted by molar-refractivity contribution is 5.52. The van der Waals surface area contributed by atoms with Gasteiger partial charge in [0, 0.05) is 12.2 Å². The highest BCUT2D eigenvalue weighted by atomic mass is 19.4. The number of nitriles is 1. The molecule has 0 aliphatic heterocycles. The number of nitrogens with one attached hydrogen (secondary N) is 1. The number of ether oxygens (including phenoxy) is 1. The van der Waals surface area contributed by atoms with Crippen LogP contribution in [-0.4, -0.2) is 17.8 Å². The summed E-state index contributed by atoms with van der Waals surface area (Å²) >= 11 is 0. The van der Waals surface area contributed by atoms with Gasteiger partial charge in [-0.2, -0.15) is 18.4 Å². The molecule has 0 saturated carbocycles. The Morgan fingerprint density at radius 2 is 1.96 bits per heavy atom. The fourth-order valence-electron chi connectivity index (χ4n) is 1.92. The Bertz CT molecular complexity index is 693. The molecular formula is C16H14F3N3O. The zero-order valence-electron chi connectivity index (χ0n) is 12.3. The van der Waals surface area contributed by atoms with Gasteiger partial charge in [-0.3, -0.25) is 0 Å². The van der Waals surface area contributed by atoms with E-state index >= 15 is 0 Å². The molecule has 0 fully saturated rings. The zero-order valence-corrected chi connectivity index (χ0v) is 12.3. The van der Waals surface area contributed by atoms with Crippen molar-refractivity contribution in [2.24, 2.45) is 0 Å². The van der Waals surface area contributed by atoms with Gasteiger partial charge >= 0.3 is 6.18 Å². The van der Waals surface area contributed by atoms with E-state index in [1.165, 1.54) is 12.1 Å². The Hall–Kier alpha value is -2.75. The molecule has 23 heavy (non-hydrogen) atoms. The molecule has 2 rings (SSSR count). The molecule has 0 saturated heterocycles. The standard InChI is InChI=1S/C16H14F3N3O/c1-11(22-15-13(9-20)3-2-8-21-15)12-4-6-14(7-5-12)23-10-16(17,18)19/h2-8,11H,10H2,1H3,(H,21,22). The molecule has 1 unspecified atom stereocenters. The number of hydrogen-bond donors (Lipinski definition) is 1. The van der Waals surface area contributed by atoms with Gasteiger partial charge in [-0.05, 0) is 36.8 Å². The Kier molecular flexibility index (Phi) is 5.06. The summed E-state index contributed by atoms with van der Waals surface area (Å²) in [7, 11) is 0. The van der Waals surface area contributed by atoms with E-state index in [1.54, 1.807) is 30.5 Å². The van der Waals surface area contributed by atoms with Gasteiger partial charge in [-0.25, -0.2) is 4.98 Å². The Morgan fingerprint density at radius 3 is 2.57 bits per heavy atom. The van der Waals surface area contributed by atoms with E-state index in [2.05, 4.69) is 15.0 Å². The third-order valence-corrected chi connectivity index (χ3v) is 3.06. The van der Waals surface area contributed by atoms with Crippen LogP contribution < -0.4 is 10.1 Å². The number of hydrogen-bond acceptors (Lipinski definition) is 4. The topological polar surface area (TPSA) is 57.9 Å². The van der Waals surface area contributed by atoms with Crippen molar-refractivity contribution in [3.8, 4) is 11.8 Å². The first-order chi connectivity index (χ1) is 10.9. The molecule has 2 aromatic rings. The van der Waals surface area contributed by atoms with Crippen molar-refractivity contribution in [3.63, 3.8) is 0 Å². The summed E-state index contributed by atoms with van der Waals surface area (Å²) in [6.07, 6.45) is -2.79. The van der Waals surface area contributed by atoms with E-state index in [9.17, 15) is 13.2 Å². The number of aromatic nitrogens is 1. The van der Waals surface area contributed by atoms with Gasteiger partial charge in [-0.15, -0.1) is 0 Å². The van der Waals surface area contributed by atoms with E-state index in [0.29, 0.717) is 11.4 Å². The van der Waals surface area contributed by atoms with Crippen LogP contribution in [0.5, 0.6) is 5.75 Å². The molecule has 0 bridgehead atoms. The molecule has 1 aromatic heterocycles. The van der Waals surface area contributed by atoms with Gasteiger partial charge in [0.1, 0.15) is 17.6 Å². The summed E-state index contributed by atoms with van der Waals surface area (Å²) < 4.78 is 40.9. The molecule has 1 aromatic carbocycles. The third-order valence-electron chi connectivity index (χ3n) is 3.06. The lowest BCUT2D eigenvalue weighted by molar-refractivity contribution is -0.153. The largest absolute Gasteiger partial charge is 0.484 e. The molecule has 120 valence electrons. The van der Waals surface area contributed by atoms with Crippen LogP contribution in [0.4, 0.5) is 19.0 Å². The first-order valence-electron chi connectivity index (χ1n) is 6.80. The van der Waals surface area contributed by atoms with Crippen molar-refractivity contribution >= 4 is 5.82 Å². The molecule has 7 heteroatoms. The maximum Gasteiger partial charge on any atom is 0.422 e. The Labute approximate surface area is 131 Å². The molecule has 1 atom stereocenters. The predicted octanol–water partition coefficient (Wildman–Crippen LogP) is 4.07. The van der Waals surface area contributed by atoms with Crippen molar-refractivity contribution in [3.05, 3.63) is 53.7 Å². The molecule has 4 nitrogen and oxygen atoms in total. The first-order valence-corrected chi connectivity index (χ1v) is 6.80. The smallest absolute Gasteiger partial charge is 0.422 e. The van der Waals surface area contributed by atoms with Gasteiger partial charge in [0.05, 0.1) is 5.56 Å². The summed E-state index contributed by atoms with van der Waals surface area (Å²) in [4.78, 5) is 4.11. The number of alkyl halides is 3. The first kappa shape index (κ1) is 16.6. The van der Waals surface area contributed by atoms with Gasteiger partial charge in [-0.1, -0.05) is 12.1 Å². The fraction of sp³-hybridized carbons (Fsp3) is 0.250. The van der Waals surface area contributed by atoms with Crippen LogP contribution in [-0.2, 0) is 0 Å². The second-order valence-electron chi connectivity index (χ2n) is 4.85. The Balaban J connectivity index is 2.03. The quantitative estimate of drug-likeness (QED) is 0.902. The molecule has 1 N–H and O–H groups in total. The van der Waals surface area contributed by atoms with Gasteiger partial charge < -0.3 is 10.1 Å². The van der Waals surface area contributed by atoms with Crippen LogP contribution in [0.2, 0.25) is 0 Å². The van der Waals surface area contributed by atoms with E-state index in [1.807, 2.05) is 13.0 Å². The summed E-state index contributed by atoms with van der Waals surface area (Å²) in [5.74, 6) is 0.605. The van der Waals surface area contributed by atoms with Gasteiger partial charge in [0.15, 0.2) is 6.61 Å². The summed E-state index contributed by atoms with van der Waals surface area (Å²) in [5, 5.41) is 12.1. The third kappa shape index (κ3) is 4.88. The monoisotopic (exact) mass is 321 g/mol. The average molecular weight is 321 g/mol. The number of nitrogens with zero attached hydrogens (tertiary/aromatic N) is 2. The minimum Gasteiger partial charge on any atom is -0.484 e. The average Bonchev–Trinajstić information content (AvgIpc) is 2.53. The Morgan fingerprint density at radius 1 is 1.26 bits per heavy atom. The number of anilines is 1. The van der Waals surface area contributed by atoms with Crippen LogP contribution in [0.25, 0.3) is 0 Å². The second kappa shape index (κ2) is 7.01. The van der Waals surface area contributed by atoms with Crippen LogP contribution >= 0.6 is 0 Å². The molecule has 1 heterocycles. The van der Waals surface area contributed by atoms with Crippen molar-refractivity contribution in [2.45, 2.75) is 19.1 Å². The number of pyridine rings is 1. The van der Waals surface area contributed by atoms with Gasteiger partial charge in [0.2, 0.25) is 0 Å². The highest BCUT2D eigenvalue weighted by Crippen LogP contribution is 2.23. The normalized spacial score (nSPS) is 12.3. The number of benzene rings is 1. The molecular weight excluding hydrogens is 307 g/mol. The maximum atomic E-state index is 12.1. The molecule has 0 aliphatic rings. The van der Waals surface area contributed by atoms with Crippen molar-refractivity contribution < 1.29 is 17.9 Å². The van der Waals surface area contributed by atoms with E-state index < -0.39 is 12.8 Å². The number of halogens is 3. The van der Waals surface area contributed by atoms with Crippen molar-refractivity contribution in [1.29, 1.82) is 5.26 Å². The number of rotatable bonds is 5. The van der Waals surface area contributed by atoms with Crippen LogP contribution in [0, 0.1) is 11.3 Å². The van der Waals surface area contributed by atoms with Crippen LogP contribution in [0.15, 0.2) is 42.6 Å². The molecule has 0 spiro atoms. The van der Waals surface area contributed by atoms with Crippen molar-refractivity contribution in [1.82, 2.24) is 4.98 Å². The van der Waals surface area contributed by atoms with E-state index in [4.69, 9.17) is 5.26 Å². The zero-order chi connectivity index (χ0) is 16.9. The summed E-state index contributed by atoms with van der Waals surface area (Å²) in [6, 6.07) is 11.5. The lowest BCUT2D eigenvalue weighted by Crippen LogP contribution is -2.19. The second-order valence-corrected chi connectivity index (χ2v) is 4.85. The van der Waals surface area contributed by atoms with Crippen LogP contribution in [0.3, 0.4) is 0 Å². The molecule has 0 aliphatic carbocycles. The van der Waals surface area contributed by atoms with E-state index in [-0.39, 0.29) is 11.8 Å². The lowest BCUT2D eigenvalue weighted by atomic mass is 10.1.